The van der Waals surface area contributed by atoms with Gasteiger partial charge < -0.3 is 14.4 Å². The van der Waals surface area contributed by atoms with Gasteiger partial charge in [0.05, 0.1) is 12.5 Å². The van der Waals surface area contributed by atoms with E-state index in [9.17, 15) is 19.2 Å². The normalized spacial score (nSPS) is 15.6. The quantitative estimate of drug-likeness (QED) is 0.599. The van der Waals surface area contributed by atoms with Crippen LogP contribution in [-0.4, -0.2) is 58.3 Å². The summed E-state index contributed by atoms with van der Waals surface area (Å²) in [5, 5.41) is 4.03. The van der Waals surface area contributed by atoms with Crippen LogP contribution in [0.5, 0.6) is 0 Å². The molecular formula is C20H29N3O6. The van der Waals surface area contributed by atoms with Crippen molar-refractivity contribution in [3.63, 3.8) is 0 Å². The maximum absolute atomic E-state index is 12.6. The van der Waals surface area contributed by atoms with Gasteiger partial charge in [0.2, 0.25) is 0 Å². The highest BCUT2D eigenvalue weighted by Crippen LogP contribution is 2.20. The SMILES string of the molecule is CCCCn1nc(C(=O)OC(C)C(=O)N2CCC(C(=O)OCC)CC2)ccc1=O. The molecule has 2 rings (SSSR count). The van der Waals surface area contributed by atoms with Crippen molar-refractivity contribution in [2.75, 3.05) is 19.7 Å². The Kier molecular flexibility index (Phi) is 8.35. The van der Waals surface area contributed by atoms with Gasteiger partial charge in [-0.05, 0) is 39.2 Å². The Morgan fingerprint density at radius 1 is 1.21 bits per heavy atom. The highest BCUT2D eigenvalue weighted by molar-refractivity contribution is 5.90. The molecule has 1 fully saturated rings. The highest BCUT2D eigenvalue weighted by Gasteiger charge is 2.31. The molecule has 9 nitrogen and oxygen atoms in total. The zero-order valence-electron chi connectivity index (χ0n) is 17.3. The molecule has 9 heteroatoms. The first-order chi connectivity index (χ1) is 13.9. The van der Waals surface area contributed by atoms with Crippen LogP contribution in [-0.2, 0) is 25.6 Å². The number of hydrogen-bond donors (Lipinski definition) is 0. The topological polar surface area (TPSA) is 108 Å². The van der Waals surface area contributed by atoms with Crippen LogP contribution in [0.25, 0.3) is 0 Å². The van der Waals surface area contributed by atoms with Crippen molar-refractivity contribution in [3.8, 4) is 0 Å². The summed E-state index contributed by atoms with van der Waals surface area (Å²) in [6.07, 6.45) is 1.72. The minimum absolute atomic E-state index is 0.0126. The molecule has 29 heavy (non-hydrogen) atoms. The van der Waals surface area contributed by atoms with E-state index in [1.165, 1.54) is 23.7 Å². The van der Waals surface area contributed by atoms with Gasteiger partial charge >= 0.3 is 11.9 Å². The summed E-state index contributed by atoms with van der Waals surface area (Å²) in [6, 6.07) is 2.57. The summed E-state index contributed by atoms with van der Waals surface area (Å²) in [5.41, 5.74) is -0.301. The number of carbonyl (C=O) groups is 3. The summed E-state index contributed by atoms with van der Waals surface area (Å²) in [6.45, 7) is 6.83. The molecule has 1 unspecified atom stereocenters. The number of rotatable bonds is 8. The molecule has 0 bridgehead atoms. The third-order valence-electron chi connectivity index (χ3n) is 4.86. The van der Waals surface area contributed by atoms with E-state index in [0.717, 1.165) is 12.8 Å². The average Bonchev–Trinajstić information content (AvgIpc) is 2.72. The van der Waals surface area contributed by atoms with Gasteiger partial charge in [-0.2, -0.15) is 5.10 Å². The maximum Gasteiger partial charge on any atom is 0.359 e. The number of likely N-dealkylation sites (tertiary alicyclic amines) is 1. The molecular weight excluding hydrogens is 378 g/mol. The predicted molar refractivity (Wildman–Crippen MR) is 104 cm³/mol. The molecule has 1 aliphatic heterocycles. The Bertz CT molecular complexity index is 783. The Morgan fingerprint density at radius 2 is 1.90 bits per heavy atom. The van der Waals surface area contributed by atoms with Gasteiger partial charge in [-0.3, -0.25) is 14.4 Å². The molecule has 1 amide bonds. The van der Waals surface area contributed by atoms with Crippen molar-refractivity contribution >= 4 is 17.8 Å². The Morgan fingerprint density at radius 3 is 2.52 bits per heavy atom. The van der Waals surface area contributed by atoms with E-state index in [4.69, 9.17) is 9.47 Å². The van der Waals surface area contributed by atoms with E-state index >= 15 is 0 Å². The molecule has 2 heterocycles. The molecule has 1 aromatic heterocycles. The van der Waals surface area contributed by atoms with Gasteiger partial charge in [0, 0.05) is 25.7 Å². The predicted octanol–water partition coefficient (Wildman–Crippen LogP) is 1.39. The Balaban J connectivity index is 1.92. The van der Waals surface area contributed by atoms with Crippen LogP contribution in [0.3, 0.4) is 0 Å². The van der Waals surface area contributed by atoms with Crippen LogP contribution in [0, 0.1) is 5.92 Å². The van der Waals surface area contributed by atoms with Gasteiger partial charge in [-0.15, -0.1) is 0 Å². The van der Waals surface area contributed by atoms with Gasteiger partial charge in [0.15, 0.2) is 11.8 Å². The molecule has 0 aromatic carbocycles. The molecule has 1 aromatic rings. The van der Waals surface area contributed by atoms with Crippen molar-refractivity contribution in [2.24, 2.45) is 5.92 Å². The monoisotopic (exact) mass is 407 g/mol. The molecule has 160 valence electrons. The lowest BCUT2D eigenvalue weighted by molar-refractivity contribution is -0.152. The number of ether oxygens (including phenoxy) is 2. The number of hydrogen-bond acceptors (Lipinski definition) is 7. The molecule has 0 N–H and O–H groups in total. The maximum atomic E-state index is 12.6. The van der Waals surface area contributed by atoms with E-state index < -0.39 is 12.1 Å². The zero-order valence-corrected chi connectivity index (χ0v) is 17.3. The molecule has 0 saturated carbocycles. The lowest BCUT2D eigenvalue weighted by Gasteiger charge is -2.32. The first kappa shape index (κ1) is 22.6. The smallest absolute Gasteiger partial charge is 0.359 e. The standard InChI is InChI=1S/C20H29N3O6/c1-4-6-11-23-17(24)8-7-16(21-23)20(27)29-14(3)18(25)22-12-9-15(10-13-22)19(26)28-5-2/h7-8,14-15H,4-6,9-13H2,1-3H3. The van der Waals surface area contributed by atoms with Crippen LogP contribution in [0.1, 0.15) is 56.9 Å². The molecule has 1 saturated heterocycles. The zero-order chi connectivity index (χ0) is 21.4. The van der Waals surface area contributed by atoms with Crippen LogP contribution >= 0.6 is 0 Å². The van der Waals surface area contributed by atoms with Crippen LogP contribution in [0.2, 0.25) is 0 Å². The number of carbonyl (C=O) groups excluding carboxylic acids is 3. The van der Waals surface area contributed by atoms with Crippen LogP contribution in [0.4, 0.5) is 0 Å². The summed E-state index contributed by atoms with van der Waals surface area (Å²) in [5.74, 6) is -1.51. The largest absolute Gasteiger partial charge is 0.466 e. The third kappa shape index (κ3) is 6.13. The van der Waals surface area contributed by atoms with Crippen molar-refractivity contribution in [2.45, 2.75) is 59.1 Å². The molecule has 1 aliphatic rings. The van der Waals surface area contributed by atoms with Crippen molar-refractivity contribution in [3.05, 3.63) is 28.2 Å². The van der Waals surface area contributed by atoms with Crippen molar-refractivity contribution in [1.82, 2.24) is 14.7 Å². The minimum atomic E-state index is -0.987. The van der Waals surface area contributed by atoms with Gasteiger partial charge in [-0.25, -0.2) is 9.48 Å². The second-order valence-electron chi connectivity index (χ2n) is 7.03. The number of nitrogens with zero attached hydrogens (tertiary/aromatic N) is 3. The third-order valence-corrected chi connectivity index (χ3v) is 4.86. The number of esters is 2. The van der Waals surface area contributed by atoms with E-state index in [2.05, 4.69) is 5.10 Å². The molecule has 0 aliphatic carbocycles. The van der Waals surface area contributed by atoms with Crippen molar-refractivity contribution in [1.29, 1.82) is 0 Å². The minimum Gasteiger partial charge on any atom is -0.466 e. The van der Waals surface area contributed by atoms with Crippen LogP contribution < -0.4 is 5.56 Å². The molecule has 0 radical (unpaired) electrons. The molecule has 0 spiro atoms. The number of aromatic nitrogens is 2. The van der Waals surface area contributed by atoms with E-state index in [1.807, 2.05) is 6.92 Å². The Labute approximate surface area is 170 Å². The van der Waals surface area contributed by atoms with Gasteiger partial charge in [0.25, 0.3) is 11.5 Å². The van der Waals surface area contributed by atoms with Gasteiger partial charge in [0.1, 0.15) is 0 Å². The van der Waals surface area contributed by atoms with Crippen LogP contribution in [0.15, 0.2) is 16.9 Å². The highest BCUT2D eigenvalue weighted by atomic mass is 16.5. The summed E-state index contributed by atoms with van der Waals surface area (Å²) in [4.78, 5) is 50.1. The van der Waals surface area contributed by atoms with Crippen molar-refractivity contribution < 1.29 is 23.9 Å². The fourth-order valence-corrected chi connectivity index (χ4v) is 3.15. The summed E-state index contributed by atoms with van der Waals surface area (Å²) < 4.78 is 11.5. The fraction of sp³-hybridized carbons (Fsp3) is 0.650. The first-order valence-corrected chi connectivity index (χ1v) is 10.1. The fourth-order valence-electron chi connectivity index (χ4n) is 3.15. The number of unbranched alkanes of at least 4 members (excludes halogenated alkanes) is 1. The van der Waals surface area contributed by atoms with Gasteiger partial charge in [-0.1, -0.05) is 13.3 Å². The van der Waals surface area contributed by atoms with E-state index in [0.29, 0.717) is 39.1 Å². The second-order valence-corrected chi connectivity index (χ2v) is 7.03. The lowest BCUT2D eigenvalue weighted by Crippen LogP contribution is -2.45. The summed E-state index contributed by atoms with van der Waals surface area (Å²) in [7, 11) is 0. The van der Waals surface area contributed by atoms with E-state index in [-0.39, 0.29) is 29.0 Å². The number of piperidine rings is 1. The van der Waals surface area contributed by atoms with E-state index in [1.54, 1.807) is 11.8 Å². The number of amides is 1. The first-order valence-electron chi connectivity index (χ1n) is 10.1. The second kappa shape index (κ2) is 10.7. The summed E-state index contributed by atoms with van der Waals surface area (Å²) >= 11 is 0. The Hall–Kier alpha value is -2.71. The molecule has 1 atom stereocenters. The average molecular weight is 407 g/mol. The lowest BCUT2D eigenvalue weighted by atomic mass is 9.97. The number of aryl methyl sites for hydroxylation is 1.